The van der Waals surface area contributed by atoms with Crippen LogP contribution in [-0.4, -0.2) is 69.8 Å². The zero-order valence-electron chi connectivity index (χ0n) is 16.9. The molecule has 2 N–H and O–H groups in total. The third-order valence-electron chi connectivity index (χ3n) is 7.34. The number of hydrogen-bond donors (Lipinski definition) is 1. The van der Waals surface area contributed by atoms with Crippen molar-refractivity contribution in [3.8, 4) is 6.07 Å². The molecule has 158 valence electrons. The second kappa shape index (κ2) is 7.03. The van der Waals surface area contributed by atoms with Crippen LogP contribution in [0, 0.1) is 23.1 Å². The fraction of sp³-hybridized carbons (Fsp3) is 0.591. The molecule has 0 radical (unpaired) electrons. The van der Waals surface area contributed by atoms with Crippen LogP contribution in [0.25, 0.3) is 0 Å². The van der Waals surface area contributed by atoms with Crippen LogP contribution >= 0.6 is 0 Å². The van der Waals surface area contributed by atoms with Crippen LogP contribution in [0.15, 0.2) is 24.3 Å². The van der Waals surface area contributed by atoms with E-state index in [0.717, 1.165) is 12.8 Å². The number of rotatable bonds is 5. The number of carbonyl (C=O) groups excluding carboxylic acids is 2. The number of hydrogen-bond acceptors (Lipinski definition) is 5. The number of piperidine rings is 1. The molecule has 4 unspecified atom stereocenters. The van der Waals surface area contributed by atoms with Gasteiger partial charge in [-0.25, -0.2) is 4.39 Å². The quantitative estimate of drug-likeness (QED) is 0.781. The third-order valence-corrected chi connectivity index (χ3v) is 7.34. The van der Waals surface area contributed by atoms with Gasteiger partial charge in [-0.1, -0.05) is 18.2 Å². The maximum Gasteiger partial charge on any atom is 0.242 e. The van der Waals surface area contributed by atoms with Crippen LogP contribution in [0.1, 0.15) is 37.8 Å². The van der Waals surface area contributed by atoms with Gasteiger partial charge in [0.2, 0.25) is 11.8 Å². The Balaban J connectivity index is 1.24. The Morgan fingerprint density at radius 3 is 2.80 bits per heavy atom. The van der Waals surface area contributed by atoms with Crippen LogP contribution in [0.4, 0.5) is 4.39 Å². The highest BCUT2D eigenvalue weighted by Gasteiger charge is 2.56. The molecule has 2 amide bonds. The van der Waals surface area contributed by atoms with Crippen molar-refractivity contribution in [2.75, 3.05) is 13.1 Å². The Morgan fingerprint density at radius 1 is 1.33 bits per heavy atom. The summed E-state index contributed by atoms with van der Waals surface area (Å²) in [6.45, 7) is 2.79. The molecule has 2 bridgehead atoms. The predicted molar refractivity (Wildman–Crippen MR) is 106 cm³/mol. The third kappa shape index (κ3) is 2.91. The lowest BCUT2D eigenvalue weighted by atomic mass is 10.0. The highest BCUT2D eigenvalue weighted by molar-refractivity contribution is 5.87. The van der Waals surface area contributed by atoms with Gasteiger partial charge in [0.15, 0.2) is 0 Å². The van der Waals surface area contributed by atoms with E-state index in [1.165, 1.54) is 6.07 Å². The monoisotopic (exact) mass is 411 g/mol. The van der Waals surface area contributed by atoms with E-state index in [-0.39, 0.29) is 47.8 Å². The second-order valence-corrected chi connectivity index (χ2v) is 9.10. The van der Waals surface area contributed by atoms with Gasteiger partial charge >= 0.3 is 0 Å². The number of nitrogens with two attached hydrogens (primary N) is 1. The first-order chi connectivity index (χ1) is 14.4. The molecule has 0 aromatic heterocycles. The average molecular weight is 411 g/mol. The Hall–Kier alpha value is -2.50. The van der Waals surface area contributed by atoms with Crippen LogP contribution < -0.4 is 5.73 Å². The minimum absolute atomic E-state index is 0.00846. The van der Waals surface area contributed by atoms with Gasteiger partial charge < -0.3 is 15.5 Å². The molecule has 7 nitrogen and oxygen atoms in total. The number of carbonyl (C=O) groups is 2. The van der Waals surface area contributed by atoms with Gasteiger partial charge in [0.05, 0.1) is 24.2 Å². The number of benzene rings is 1. The van der Waals surface area contributed by atoms with E-state index in [2.05, 4.69) is 6.07 Å². The van der Waals surface area contributed by atoms with Crippen LogP contribution in [0.2, 0.25) is 0 Å². The summed E-state index contributed by atoms with van der Waals surface area (Å²) in [4.78, 5) is 31.4. The minimum atomic E-state index is -0.746. The summed E-state index contributed by atoms with van der Waals surface area (Å²) in [5.41, 5.74) is 6.76. The molecule has 4 aliphatic rings. The first-order valence-corrected chi connectivity index (χ1v) is 10.7. The summed E-state index contributed by atoms with van der Waals surface area (Å²) in [7, 11) is 0. The van der Waals surface area contributed by atoms with Crippen molar-refractivity contribution in [3.05, 3.63) is 35.6 Å². The van der Waals surface area contributed by atoms with E-state index in [1.54, 1.807) is 28.0 Å². The lowest BCUT2D eigenvalue weighted by Crippen LogP contribution is -2.57. The topological polar surface area (TPSA) is 93.7 Å². The maximum absolute atomic E-state index is 14.2. The Kier molecular flexibility index (Phi) is 4.56. The Morgan fingerprint density at radius 2 is 2.10 bits per heavy atom. The lowest BCUT2D eigenvalue weighted by molar-refractivity contribution is -0.141. The average Bonchev–Trinajstić information content (AvgIpc) is 3.07. The fourth-order valence-corrected chi connectivity index (χ4v) is 5.77. The van der Waals surface area contributed by atoms with Gasteiger partial charge in [0.1, 0.15) is 11.9 Å². The normalized spacial score (nSPS) is 34.1. The molecule has 3 heterocycles. The van der Waals surface area contributed by atoms with E-state index < -0.39 is 6.04 Å². The Bertz CT molecular complexity index is 932. The number of nitrogens with zero attached hydrogens (tertiary/aromatic N) is 4. The van der Waals surface area contributed by atoms with Crippen molar-refractivity contribution in [1.82, 2.24) is 14.7 Å². The molecular weight excluding hydrogens is 385 g/mol. The van der Waals surface area contributed by atoms with Gasteiger partial charge in [-0.05, 0) is 38.2 Å². The van der Waals surface area contributed by atoms with Gasteiger partial charge in [-0.3, -0.25) is 14.5 Å². The molecule has 7 atom stereocenters. The van der Waals surface area contributed by atoms with E-state index in [1.807, 2.05) is 11.8 Å². The molecule has 30 heavy (non-hydrogen) atoms. The van der Waals surface area contributed by atoms with Crippen molar-refractivity contribution in [2.24, 2.45) is 11.7 Å². The first-order valence-electron chi connectivity index (χ1n) is 10.7. The van der Waals surface area contributed by atoms with E-state index in [9.17, 15) is 19.2 Å². The number of likely N-dealkylation sites (tertiary alicyclic amines) is 3. The van der Waals surface area contributed by atoms with Crippen molar-refractivity contribution in [2.45, 2.75) is 62.4 Å². The maximum atomic E-state index is 14.2. The summed E-state index contributed by atoms with van der Waals surface area (Å²) in [5, 5.41) is 9.33. The second-order valence-electron chi connectivity index (χ2n) is 9.10. The molecule has 4 fully saturated rings. The molecule has 3 saturated heterocycles. The molecule has 8 heteroatoms. The van der Waals surface area contributed by atoms with Crippen molar-refractivity contribution < 1.29 is 14.0 Å². The number of piperazine rings is 1. The molecule has 3 aliphatic heterocycles. The predicted octanol–water partition coefficient (Wildman–Crippen LogP) is 1.01. The largest absolute Gasteiger partial charge is 0.330 e. The molecule has 0 spiro atoms. The van der Waals surface area contributed by atoms with Crippen molar-refractivity contribution >= 4 is 11.8 Å². The summed E-state index contributed by atoms with van der Waals surface area (Å²) in [6.07, 6.45) is 2.38. The molecular formula is C22H26FN5O2. The standard InChI is InChI=1S/C22H26FN5O2/c1-12(16-4-2-3-5-17(16)23)27-15-8-20(22(27)30)26(10-15)11-18(25)21(29)28-14(9-24)6-13-7-19(13)28/h2-5,12-15,18-20H,6-8,10-11,25H2,1H3/t12?,13?,14?,15-,18-,19?,20-/m0/s1. The molecule has 1 aliphatic carbocycles. The van der Waals surface area contributed by atoms with Gasteiger partial charge in [0, 0.05) is 30.7 Å². The zero-order chi connectivity index (χ0) is 21.2. The summed E-state index contributed by atoms with van der Waals surface area (Å²) >= 11 is 0. The first kappa shape index (κ1) is 19.5. The van der Waals surface area contributed by atoms with Crippen molar-refractivity contribution in [1.29, 1.82) is 5.26 Å². The SMILES string of the molecule is CC(c1ccccc1F)N1C(=O)[C@@H]2C[C@H]1CN2C[C@H](N)C(=O)N1C(C#N)CC2CC21. The number of halogens is 1. The zero-order valence-corrected chi connectivity index (χ0v) is 16.9. The number of fused-ring (bicyclic) bond motifs is 3. The molecule has 1 aromatic rings. The van der Waals surface area contributed by atoms with Crippen LogP contribution in [-0.2, 0) is 9.59 Å². The highest BCUT2D eigenvalue weighted by Crippen LogP contribution is 2.48. The number of amides is 2. The number of nitriles is 1. The summed E-state index contributed by atoms with van der Waals surface area (Å²) < 4.78 is 14.2. The minimum Gasteiger partial charge on any atom is -0.330 e. The van der Waals surface area contributed by atoms with Crippen molar-refractivity contribution in [3.63, 3.8) is 0 Å². The molecule has 1 saturated carbocycles. The van der Waals surface area contributed by atoms with E-state index in [4.69, 9.17) is 5.73 Å². The van der Waals surface area contributed by atoms with E-state index >= 15 is 0 Å². The smallest absolute Gasteiger partial charge is 0.242 e. The van der Waals surface area contributed by atoms with Crippen LogP contribution in [0.3, 0.4) is 0 Å². The van der Waals surface area contributed by atoms with Gasteiger partial charge in [-0.15, -0.1) is 0 Å². The fourth-order valence-electron chi connectivity index (χ4n) is 5.77. The highest BCUT2D eigenvalue weighted by atomic mass is 19.1. The molecule has 5 rings (SSSR count). The van der Waals surface area contributed by atoms with Crippen LogP contribution in [0.5, 0.6) is 0 Å². The Labute approximate surface area is 175 Å². The van der Waals surface area contributed by atoms with Gasteiger partial charge in [0.25, 0.3) is 0 Å². The van der Waals surface area contributed by atoms with E-state index in [0.29, 0.717) is 31.0 Å². The molecule has 1 aromatic carbocycles. The summed E-state index contributed by atoms with van der Waals surface area (Å²) in [6, 6.07) is 7.17. The van der Waals surface area contributed by atoms with Gasteiger partial charge in [-0.2, -0.15) is 5.26 Å². The summed E-state index contributed by atoms with van der Waals surface area (Å²) in [5.74, 6) is -0.0666. The lowest BCUT2D eigenvalue weighted by Gasteiger charge is -2.38.